The first-order valence-corrected chi connectivity index (χ1v) is 6.72. The fraction of sp³-hybridized carbons (Fsp3) is 0.571. The Morgan fingerprint density at radius 1 is 1.33 bits per heavy atom. The maximum atomic E-state index is 5.90. The van der Waals surface area contributed by atoms with Gasteiger partial charge in [-0.15, -0.1) is 11.6 Å². The van der Waals surface area contributed by atoms with Crippen LogP contribution in [-0.2, 0) is 10.6 Å². The van der Waals surface area contributed by atoms with E-state index < -0.39 is 0 Å². The summed E-state index contributed by atoms with van der Waals surface area (Å²) in [5.41, 5.74) is 0.962. The molecule has 0 heterocycles. The van der Waals surface area contributed by atoms with E-state index in [1.54, 1.807) is 7.11 Å². The Hall–Kier alpha value is -0.930. The minimum atomic E-state index is -0.0154. The van der Waals surface area contributed by atoms with E-state index in [0.717, 1.165) is 23.5 Å². The summed E-state index contributed by atoms with van der Waals surface area (Å²) in [4.78, 5) is 0. The highest BCUT2D eigenvalue weighted by Gasteiger charge is 2.09. The molecule has 0 aliphatic carbocycles. The predicted octanol–water partition coefficient (Wildman–Crippen LogP) is 3.63. The summed E-state index contributed by atoms with van der Waals surface area (Å²) in [6, 6.07) is 5.74. The quantitative estimate of drug-likeness (QED) is 0.677. The molecule has 0 saturated heterocycles. The molecule has 0 fully saturated rings. The van der Waals surface area contributed by atoms with Crippen LogP contribution in [0.15, 0.2) is 18.2 Å². The molecule has 1 aromatic carbocycles. The van der Waals surface area contributed by atoms with Crippen LogP contribution in [0.2, 0.25) is 0 Å². The molecule has 0 N–H and O–H groups in total. The van der Waals surface area contributed by atoms with Gasteiger partial charge in [0.05, 0.1) is 19.1 Å². The van der Waals surface area contributed by atoms with Crippen LogP contribution in [0, 0.1) is 0 Å². The Morgan fingerprint density at radius 3 is 2.72 bits per heavy atom. The van der Waals surface area contributed by atoms with Gasteiger partial charge in [0.2, 0.25) is 0 Å². The molecule has 102 valence electrons. The monoisotopic (exact) mass is 272 g/mol. The van der Waals surface area contributed by atoms with Crippen LogP contribution in [0.3, 0.4) is 0 Å². The van der Waals surface area contributed by atoms with E-state index in [0.29, 0.717) is 19.1 Å². The van der Waals surface area contributed by atoms with Crippen LogP contribution in [0.5, 0.6) is 11.5 Å². The fourth-order valence-electron chi connectivity index (χ4n) is 1.55. The molecule has 0 saturated carbocycles. The van der Waals surface area contributed by atoms with Crippen molar-refractivity contribution < 1.29 is 14.2 Å². The second-order valence-corrected chi connectivity index (χ2v) is 4.40. The van der Waals surface area contributed by atoms with Gasteiger partial charge in [0.15, 0.2) is 0 Å². The van der Waals surface area contributed by atoms with Crippen molar-refractivity contribution in [3.05, 3.63) is 23.8 Å². The third-order valence-corrected chi connectivity index (χ3v) is 2.67. The Labute approximate surface area is 114 Å². The highest BCUT2D eigenvalue weighted by Crippen LogP contribution is 2.27. The predicted molar refractivity (Wildman–Crippen MR) is 73.8 cm³/mol. The summed E-state index contributed by atoms with van der Waals surface area (Å²) in [7, 11) is 1.66. The number of hydrogen-bond donors (Lipinski definition) is 0. The molecule has 1 aromatic rings. The van der Waals surface area contributed by atoms with Crippen molar-refractivity contribution in [1.82, 2.24) is 0 Å². The molecule has 0 radical (unpaired) electrons. The van der Waals surface area contributed by atoms with Gasteiger partial charge < -0.3 is 14.2 Å². The zero-order valence-electron chi connectivity index (χ0n) is 11.2. The second kappa shape index (κ2) is 8.22. The number of methoxy groups -OCH3 is 1. The summed E-state index contributed by atoms with van der Waals surface area (Å²) in [5.74, 6) is 2.00. The van der Waals surface area contributed by atoms with E-state index in [4.69, 9.17) is 25.8 Å². The highest BCUT2D eigenvalue weighted by molar-refractivity contribution is 6.17. The minimum absolute atomic E-state index is 0.0154. The first kappa shape index (κ1) is 15.1. The van der Waals surface area contributed by atoms with Crippen LogP contribution in [-0.4, -0.2) is 26.4 Å². The molecule has 0 bridgehead atoms. The molecule has 1 atom stereocenters. The Morgan fingerprint density at radius 2 is 2.11 bits per heavy atom. The highest BCUT2D eigenvalue weighted by atomic mass is 35.5. The Balaban J connectivity index is 2.77. The topological polar surface area (TPSA) is 27.7 Å². The van der Waals surface area contributed by atoms with Crippen LogP contribution in [0.4, 0.5) is 0 Å². The van der Waals surface area contributed by atoms with Crippen LogP contribution < -0.4 is 9.47 Å². The summed E-state index contributed by atoms with van der Waals surface area (Å²) in [6.07, 6.45) is 0.964. The lowest BCUT2D eigenvalue weighted by atomic mass is 10.2. The van der Waals surface area contributed by atoms with Crippen molar-refractivity contribution in [2.75, 3.05) is 20.3 Å². The van der Waals surface area contributed by atoms with Crippen LogP contribution in [0.1, 0.15) is 25.8 Å². The molecule has 4 heteroatoms. The van der Waals surface area contributed by atoms with E-state index in [2.05, 4.69) is 6.92 Å². The van der Waals surface area contributed by atoms with Gasteiger partial charge in [-0.2, -0.15) is 0 Å². The first-order chi connectivity index (χ1) is 8.71. The van der Waals surface area contributed by atoms with Gasteiger partial charge in [0, 0.05) is 18.7 Å². The van der Waals surface area contributed by atoms with Crippen LogP contribution in [0.25, 0.3) is 0 Å². The fourth-order valence-corrected chi connectivity index (χ4v) is 1.77. The van der Waals surface area contributed by atoms with Crippen molar-refractivity contribution >= 4 is 11.6 Å². The average molecular weight is 273 g/mol. The molecule has 3 nitrogen and oxygen atoms in total. The third-order valence-electron chi connectivity index (χ3n) is 2.38. The average Bonchev–Trinajstić information content (AvgIpc) is 2.37. The number of benzene rings is 1. The summed E-state index contributed by atoms with van der Waals surface area (Å²) < 4.78 is 16.4. The lowest BCUT2D eigenvalue weighted by Crippen LogP contribution is -2.18. The van der Waals surface area contributed by atoms with E-state index in [9.17, 15) is 0 Å². The minimum Gasteiger partial charge on any atom is -0.493 e. The largest absolute Gasteiger partial charge is 0.493 e. The van der Waals surface area contributed by atoms with Crippen molar-refractivity contribution in [3.63, 3.8) is 0 Å². The normalized spacial score (nSPS) is 12.2. The number of halogens is 1. The third kappa shape index (κ3) is 4.75. The van der Waals surface area contributed by atoms with E-state index >= 15 is 0 Å². The molecule has 0 aliphatic heterocycles. The van der Waals surface area contributed by atoms with E-state index in [1.807, 2.05) is 25.1 Å². The number of hydrogen-bond acceptors (Lipinski definition) is 3. The van der Waals surface area contributed by atoms with Crippen LogP contribution >= 0.6 is 11.6 Å². The van der Waals surface area contributed by atoms with Gasteiger partial charge in [0.25, 0.3) is 0 Å². The molecule has 1 rings (SSSR count). The lowest BCUT2D eigenvalue weighted by Gasteiger charge is -2.17. The molecule has 0 aromatic heterocycles. The zero-order chi connectivity index (χ0) is 13.4. The molecule has 0 spiro atoms. The molecule has 1 unspecified atom stereocenters. The molecule has 18 heavy (non-hydrogen) atoms. The molecule has 0 aliphatic rings. The Bertz CT molecular complexity index is 355. The molecular weight excluding hydrogens is 252 g/mol. The molecule has 0 amide bonds. The smallest absolute Gasteiger partial charge is 0.127 e. The summed E-state index contributed by atoms with van der Waals surface area (Å²) >= 11 is 5.90. The number of alkyl halides is 1. The van der Waals surface area contributed by atoms with Gasteiger partial charge >= 0.3 is 0 Å². The van der Waals surface area contributed by atoms with Gasteiger partial charge in [-0.1, -0.05) is 13.0 Å². The first-order valence-electron chi connectivity index (χ1n) is 6.18. The maximum Gasteiger partial charge on any atom is 0.127 e. The number of rotatable bonds is 8. The second-order valence-electron chi connectivity index (χ2n) is 4.14. The van der Waals surface area contributed by atoms with Gasteiger partial charge in [-0.25, -0.2) is 0 Å². The van der Waals surface area contributed by atoms with E-state index in [-0.39, 0.29) is 6.10 Å². The SMILES string of the molecule is CCCOc1ccc(CCl)c(OC(C)COC)c1. The maximum absolute atomic E-state index is 5.90. The van der Waals surface area contributed by atoms with Gasteiger partial charge in [-0.3, -0.25) is 0 Å². The van der Waals surface area contributed by atoms with Crippen molar-refractivity contribution in [2.45, 2.75) is 32.3 Å². The number of ether oxygens (including phenoxy) is 3. The zero-order valence-corrected chi connectivity index (χ0v) is 12.0. The summed E-state index contributed by atoms with van der Waals surface area (Å²) in [6.45, 7) is 5.28. The van der Waals surface area contributed by atoms with Gasteiger partial charge in [-0.05, 0) is 19.4 Å². The lowest BCUT2D eigenvalue weighted by molar-refractivity contribution is 0.0913. The van der Waals surface area contributed by atoms with Crippen molar-refractivity contribution in [1.29, 1.82) is 0 Å². The Kier molecular flexibility index (Phi) is 6.91. The van der Waals surface area contributed by atoms with E-state index in [1.165, 1.54) is 0 Å². The molecular formula is C14H21ClO3. The van der Waals surface area contributed by atoms with Crippen molar-refractivity contribution in [3.8, 4) is 11.5 Å². The summed E-state index contributed by atoms with van der Waals surface area (Å²) in [5, 5.41) is 0. The van der Waals surface area contributed by atoms with Gasteiger partial charge in [0.1, 0.15) is 17.6 Å². The standard InChI is InChI=1S/C14H21ClO3/c1-4-7-17-13-6-5-12(9-15)14(8-13)18-11(2)10-16-3/h5-6,8,11H,4,7,9-10H2,1-3H3. The van der Waals surface area contributed by atoms with Crippen molar-refractivity contribution in [2.24, 2.45) is 0 Å².